The van der Waals surface area contributed by atoms with Crippen LogP contribution in [0, 0.1) is 0 Å². The van der Waals surface area contributed by atoms with Crippen molar-refractivity contribution in [3.05, 3.63) is 42.1 Å². The van der Waals surface area contributed by atoms with Gasteiger partial charge in [0.25, 0.3) is 0 Å². The van der Waals surface area contributed by atoms with Crippen LogP contribution in [-0.2, 0) is 15.9 Å². The first-order valence-electron chi connectivity index (χ1n) is 5.86. The van der Waals surface area contributed by atoms with Gasteiger partial charge >= 0.3 is 0 Å². The molecule has 0 saturated heterocycles. The molecule has 1 aliphatic heterocycles. The predicted octanol–water partition coefficient (Wildman–Crippen LogP) is 1.44. The molecule has 0 aromatic carbocycles. The monoisotopic (exact) mass is 234 g/mol. The zero-order valence-electron chi connectivity index (χ0n) is 10.1. The SMILES string of the molecule is CN(CCc1ccccn1)CC1=COCCO1. The highest BCUT2D eigenvalue weighted by atomic mass is 16.6. The molecule has 0 unspecified atom stereocenters. The Morgan fingerprint density at radius 3 is 3.00 bits per heavy atom. The maximum Gasteiger partial charge on any atom is 0.144 e. The Morgan fingerprint density at radius 2 is 2.29 bits per heavy atom. The van der Waals surface area contributed by atoms with Crippen LogP contribution < -0.4 is 0 Å². The van der Waals surface area contributed by atoms with Crippen LogP contribution >= 0.6 is 0 Å². The van der Waals surface area contributed by atoms with Crippen LogP contribution in [0.5, 0.6) is 0 Å². The summed E-state index contributed by atoms with van der Waals surface area (Å²) in [5.74, 6) is 0.903. The van der Waals surface area contributed by atoms with Gasteiger partial charge < -0.3 is 9.47 Å². The van der Waals surface area contributed by atoms with Gasteiger partial charge in [0.15, 0.2) is 0 Å². The summed E-state index contributed by atoms with van der Waals surface area (Å²) >= 11 is 0. The third-order valence-electron chi connectivity index (χ3n) is 2.60. The van der Waals surface area contributed by atoms with E-state index in [2.05, 4.69) is 16.9 Å². The molecular weight excluding hydrogens is 216 g/mol. The lowest BCUT2D eigenvalue weighted by Gasteiger charge is -2.21. The van der Waals surface area contributed by atoms with Crippen molar-refractivity contribution in [2.75, 3.05) is 33.4 Å². The molecule has 0 aliphatic carbocycles. The second-order valence-electron chi connectivity index (χ2n) is 4.11. The van der Waals surface area contributed by atoms with Gasteiger partial charge in [-0.05, 0) is 19.2 Å². The van der Waals surface area contributed by atoms with Crippen molar-refractivity contribution in [2.45, 2.75) is 6.42 Å². The van der Waals surface area contributed by atoms with Crippen LogP contribution in [-0.4, -0.2) is 43.2 Å². The average Bonchev–Trinajstić information content (AvgIpc) is 2.39. The number of hydrogen-bond acceptors (Lipinski definition) is 4. The molecule has 0 bridgehead atoms. The van der Waals surface area contributed by atoms with Crippen molar-refractivity contribution in [1.82, 2.24) is 9.88 Å². The van der Waals surface area contributed by atoms with Crippen LogP contribution in [0.2, 0.25) is 0 Å². The number of rotatable bonds is 5. The summed E-state index contributed by atoms with van der Waals surface area (Å²) in [5.41, 5.74) is 1.12. The Morgan fingerprint density at radius 1 is 1.35 bits per heavy atom. The van der Waals surface area contributed by atoms with Gasteiger partial charge in [-0.2, -0.15) is 0 Å². The van der Waals surface area contributed by atoms with Crippen LogP contribution in [0.15, 0.2) is 36.4 Å². The lowest BCUT2D eigenvalue weighted by molar-refractivity contribution is 0.0722. The molecule has 0 fully saturated rings. The molecule has 1 aromatic heterocycles. The van der Waals surface area contributed by atoms with Gasteiger partial charge in [0.05, 0.1) is 6.54 Å². The van der Waals surface area contributed by atoms with E-state index in [1.807, 2.05) is 24.4 Å². The summed E-state index contributed by atoms with van der Waals surface area (Å²) in [7, 11) is 2.07. The normalized spacial score (nSPS) is 15.1. The summed E-state index contributed by atoms with van der Waals surface area (Å²) in [6.07, 6.45) is 4.49. The van der Waals surface area contributed by atoms with E-state index in [9.17, 15) is 0 Å². The van der Waals surface area contributed by atoms with E-state index in [1.165, 1.54) is 0 Å². The average molecular weight is 234 g/mol. The zero-order valence-corrected chi connectivity index (χ0v) is 10.1. The van der Waals surface area contributed by atoms with Crippen LogP contribution in [0.4, 0.5) is 0 Å². The van der Waals surface area contributed by atoms with Gasteiger partial charge in [0, 0.05) is 24.9 Å². The molecule has 17 heavy (non-hydrogen) atoms. The van der Waals surface area contributed by atoms with E-state index in [4.69, 9.17) is 9.47 Å². The Bertz CT molecular complexity index is 365. The summed E-state index contributed by atoms with van der Waals surface area (Å²) in [4.78, 5) is 6.50. The van der Waals surface area contributed by atoms with Crippen LogP contribution in [0.25, 0.3) is 0 Å². The number of aromatic nitrogens is 1. The molecule has 2 rings (SSSR count). The highest BCUT2D eigenvalue weighted by Gasteiger charge is 2.08. The topological polar surface area (TPSA) is 34.6 Å². The number of likely N-dealkylation sites (N-methyl/N-ethyl adjacent to an activating group) is 1. The van der Waals surface area contributed by atoms with Gasteiger partial charge in [-0.15, -0.1) is 0 Å². The lowest BCUT2D eigenvalue weighted by atomic mass is 10.2. The molecule has 2 heterocycles. The van der Waals surface area contributed by atoms with Crippen LogP contribution in [0.3, 0.4) is 0 Å². The first-order chi connectivity index (χ1) is 8.34. The van der Waals surface area contributed by atoms with Crippen molar-refractivity contribution in [3.63, 3.8) is 0 Å². The van der Waals surface area contributed by atoms with Crippen molar-refractivity contribution in [3.8, 4) is 0 Å². The van der Waals surface area contributed by atoms with Gasteiger partial charge in [-0.25, -0.2) is 0 Å². The molecule has 0 amide bonds. The lowest BCUT2D eigenvalue weighted by Crippen LogP contribution is -2.26. The highest BCUT2D eigenvalue weighted by Crippen LogP contribution is 2.06. The fourth-order valence-electron chi connectivity index (χ4n) is 1.69. The Kier molecular flexibility index (Phi) is 4.38. The molecule has 0 spiro atoms. The minimum atomic E-state index is 0.653. The number of pyridine rings is 1. The second-order valence-corrected chi connectivity index (χ2v) is 4.11. The van der Waals surface area contributed by atoms with Gasteiger partial charge in [-0.1, -0.05) is 6.07 Å². The molecule has 0 atom stereocenters. The quantitative estimate of drug-likeness (QED) is 0.772. The fraction of sp³-hybridized carbons (Fsp3) is 0.462. The number of ether oxygens (including phenoxy) is 2. The molecule has 92 valence electrons. The van der Waals surface area contributed by atoms with E-state index in [-0.39, 0.29) is 0 Å². The van der Waals surface area contributed by atoms with E-state index >= 15 is 0 Å². The Balaban J connectivity index is 1.74. The molecule has 0 N–H and O–H groups in total. The van der Waals surface area contributed by atoms with Gasteiger partial charge in [-0.3, -0.25) is 9.88 Å². The van der Waals surface area contributed by atoms with Gasteiger partial charge in [0.1, 0.15) is 25.2 Å². The summed E-state index contributed by atoms with van der Waals surface area (Å²) in [6.45, 7) is 3.05. The maximum absolute atomic E-state index is 5.48. The molecule has 0 saturated carbocycles. The standard InChI is InChI=1S/C13H18N2O2/c1-15(10-13-11-16-8-9-17-13)7-5-12-4-2-3-6-14-12/h2-4,6,11H,5,7-10H2,1H3. The van der Waals surface area contributed by atoms with Crippen molar-refractivity contribution in [1.29, 1.82) is 0 Å². The van der Waals surface area contributed by atoms with E-state index in [1.54, 1.807) is 6.26 Å². The number of hydrogen-bond donors (Lipinski definition) is 0. The van der Waals surface area contributed by atoms with Crippen molar-refractivity contribution < 1.29 is 9.47 Å². The second kappa shape index (κ2) is 6.25. The van der Waals surface area contributed by atoms with E-state index in [0.29, 0.717) is 13.2 Å². The maximum atomic E-state index is 5.48. The molecule has 1 aromatic rings. The fourth-order valence-corrected chi connectivity index (χ4v) is 1.69. The smallest absolute Gasteiger partial charge is 0.144 e. The number of nitrogens with zero attached hydrogens (tertiary/aromatic N) is 2. The molecule has 4 nitrogen and oxygen atoms in total. The minimum absolute atomic E-state index is 0.653. The summed E-state index contributed by atoms with van der Waals surface area (Å²) in [5, 5.41) is 0. The van der Waals surface area contributed by atoms with E-state index < -0.39 is 0 Å². The molecule has 0 radical (unpaired) electrons. The third-order valence-corrected chi connectivity index (χ3v) is 2.60. The Labute approximate surface area is 102 Å². The van der Waals surface area contributed by atoms with Crippen molar-refractivity contribution >= 4 is 0 Å². The predicted molar refractivity (Wildman–Crippen MR) is 65.4 cm³/mol. The highest BCUT2D eigenvalue weighted by molar-refractivity contribution is 5.04. The zero-order chi connectivity index (χ0) is 11.9. The third kappa shape index (κ3) is 4.07. The first-order valence-corrected chi connectivity index (χ1v) is 5.86. The molecule has 4 heteroatoms. The summed E-state index contributed by atoms with van der Waals surface area (Å²) in [6, 6.07) is 6.00. The largest absolute Gasteiger partial charge is 0.494 e. The van der Waals surface area contributed by atoms with Crippen LogP contribution in [0.1, 0.15) is 5.69 Å². The van der Waals surface area contributed by atoms with E-state index in [0.717, 1.165) is 31.0 Å². The first kappa shape index (κ1) is 11.9. The molecular formula is C13H18N2O2. The van der Waals surface area contributed by atoms with Crippen molar-refractivity contribution in [2.24, 2.45) is 0 Å². The van der Waals surface area contributed by atoms with Gasteiger partial charge in [0.2, 0.25) is 0 Å². The summed E-state index contributed by atoms with van der Waals surface area (Å²) < 4.78 is 10.7. The minimum Gasteiger partial charge on any atom is -0.494 e. The molecule has 1 aliphatic rings. The Hall–Kier alpha value is -1.55.